The summed E-state index contributed by atoms with van der Waals surface area (Å²) in [4.78, 5) is 2.18. The first-order valence-electron chi connectivity index (χ1n) is 6.04. The second-order valence-corrected chi connectivity index (χ2v) is 7.29. The number of nitrogen functional groups attached to an aromatic ring is 1. The fourth-order valence-electron chi connectivity index (χ4n) is 2.24. The van der Waals surface area contributed by atoms with Crippen molar-refractivity contribution < 1.29 is 8.42 Å². The highest BCUT2D eigenvalue weighted by atomic mass is 35.5. The van der Waals surface area contributed by atoms with Gasteiger partial charge in [-0.3, -0.25) is 0 Å². The van der Waals surface area contributed by atoms with E-state index in [1.165, 1.54) is 16.4 Å². The van der Waals surface area contributed by atoms with E-state index in [1.807, 2.05) is 19.0 Å². The van der Waals surface area contributed by atoms with Crippen molar-refractivity contribution in [3.8, 4) is 0 Å². The van der Waals surface area contributed by atoms with E-state index in [2.05, 4.69) is 0 Å². The van der Waals surface area contributed by atoms with Crippen LogP contribution < -0.4 is 5.73 Å². The summed E-state index contributed by atoms with van der Waals surface area (Å²) in [5.41, 5.74) is 5.96. The van der Waals surface area contributed by atoms with Crippen molar-refractivity contribution in [1.82, 2.24) is 9.21 Å². The first kappa shape index (κ1) is 14.6. The Morgan fingerprint density at radius 1 is 1.42 bits per heavy atom. The van der Waals surface area contributed by atoms with Gasteiger partial charge in [0.2, 0.25) is 10.0 Å². The number of likely N-dealkylation sites (N-methyl/N-ethyl adjacent to an activating group) is 1. The molecule has 19 heavy (non-hydrogen) atoms. The van der Waals surface area contributed by atoms with Gasteiger partial charge in [-0.15, -0.1) is 0 Å². The van der Waals surface area contributed by atoms with Gasteiger partial charge in [0.1, 0.15) is 4.90 Å². The minimum atomic E-state index is -3.53. The molecule has 7 heteroatoms. The van der Waals surface area contributed by atoms with Crippen LogP contribution in [0.5, 0.6) is 0 Å². The molecule has 106 valence electrons. The van der Waals surface area contributed by atoms with Crippen LogP contribution in [-0.4, -0.2) is 50.8 Å². The van der Waals surface area contributed by atoms with E-state index in [0.29, 0.717) is 18.1 Å². The maximum atomic E-state index is 12.5. The molecule has 1 unspecified atom stereocenters. The lowest BCUT2D eigenvalue weighted by molar-refractivity contribution is 0.302. The summed E-state index contributed by atoms with van der Waals surface area (Å²) in [6.45, 7) is 1.02. The number of hydrogen-bond acceptors (Lipinski definition) is 4. The fourth-order valence-corrected chi connectivity index (χ4v) is 4.01. The summed E-state index contributed by atoms with van der Waals surface area (Å²) in [7, 11) is 0.382. The predicted molar refractivity (Wildman–Crippen MR) is 76.7 cm³/mol. The van der Waals surface area contributed by atoms with Gasteiger partial charge in [-0.05, 0) is 38.7 Å². The van der Waals surface area contributed by atoms with Crippen molar-refractivity contribution in [2.24, 2.45) is 0 Å². The molecule has 5 nitrogen and oxygen atoms in total. The molecule has 0 amide bonds. The number of hydrogen-bond donors (Lipinski definition) is 1. The number of sulfonamides is 1. The monoisotopic (exact) mass is 303 g/mol. The van der Waals surface area contributed by atoms with E-state index in [-0.39, 0.29) is 16.6 Å². The van der Waals surface area contributed by atoms with Crippen LogP contribution in [0.2, 0.25) is 5.02 Å². The van der Waals surface area contributed by atoms with Gasteiger partial charge < -0.3 is 10.6 Å². The van der Waals surface area contributed by atoms with Crippen LogP contribution in [0.15, 0.2) is 23.1 Å². The Hall–Kier alpha value is -0.820. The molecule has 2 N–H and O–H groups in total. The van der Waals surface area contributed by atoms with Crippen molar-refractivity contribution in [2.45, 2.75) is 17.4 Å². The second-order valence-electron chi connectivity index (χ2n) is 4.95. The number of rotatable bonds is 3. The third-order valence-electron chi connectivity index (χ3n) is 3.45. The molecule has 0 spiro atoms. The molecule has 0 saturated carbocycles. The van der Waals surface area contributed by atoms with Crippen LogP contribution in [0.25, 0.3) is 0 Å². The van der Waals surface area contributed by atoms with Crippen LogP contribution in [0.3, 0.4) is 0 Å². The number of nitrogens with two attached hydrogens (primary N) is 1. The molecule has 1 fully saturated rings. The molecule has 0 radical (unpaired) electrons. The van der Waals surface area contributed by atoms with Gasteiger partial charge in [0, 0.05) is 24.2 Å². The van der Waals surface area contributed by atoms with Crippen LogP contribution in [0, 0.1) is 0 Å². The van der Waals surface area contributed by atoms with Gasteiger partial charge in [-0.2, -0.15) is 4.31 Å². The Morgan fingerprint density at radius 3 is 2.63 bits per heavy atom. The van der Waals surface area contributed by atoms with Gasteiger partial charge >= 0.3 is 0 Å². The third kappa shape index (κ3) is 2.86. The molecule has 1 aromatic rings. The number of benzene rings is 1. The highest BCUT2D eigenvalue weighted by Crippen LogP contribution is 2.28. The lowest BCUT2D eigenvalue weighted by Gasteiger charge is -2.20. The zero-order valence-electron chi connectivity index (χ0n) is 11.0. The van der Waals surface area contributed by atoms with Crippen LogP contribution in [-0.2, 0) is 10.0 Å². The standard InChI is InChI=1S/C12H18ClN3O2S/c1-15(2)10-5-6-16(8-10)19(17,18)12-4-3-9(13)7-11(12)14/h3-4,7,10H,5-6,8,14H2,1-2H3. The van der Waals surface area contributed by atoms with Crippen LogP contribution in [0.1, 0.15) is 6.42 Å². The van der Waals surface area contributed by atoms with E-state index < -0.39 is 10.0 Å². The predicted octanol–water partition coefficient (Wildman–Crippen LogP) is 1.25. The average Bonchev–Trinajstić information content (AvgIpc) is 2.78. The average molecular weight is 304 g/mol. The zero-order valence-corrected chi connectivity index (χ0v) is 12.6. The second kappa shape index (κ2) is 5.28. The minimum absolute atomic E-state index is 0.135. The first-order valence-corrected chi connectivity index (χ1v) is 7.86. The summed E-state index contributed by atoms with van der Waals surface area (Å²) in [6, 6.07) is 4.73. The van der Waals surface area contributed by atoms with Crippen molar-refractivity contribution >= 4 is 27.3 Å². The Labute approximate surface area is 119 Å². The number of nitrogens with zero attached hydrogens (tertiary/aromatic N) is 2. The lowest BCUT2D eigenvalue weighted by Crippen LogP contribution is -2.34. The Kier molecular flexibility index (Phi) is 4.06. The third-order valence-corrected chi connectivity index (χ3v) is 5.62. The molecule has 1 aliphatic heterocycles. The van der Waals surface area contributed by atoms with Crippen molar-refractivity contribution in [3.63, 3.8) is 0 Å². The highest BCUT2D eigenvalue weighted by molar-refractivity contribution is 7.89. The largest absolute Gasteiger partial charge is 0.398 e. The molecular formula is C12H18ClN3O2S. The van der Waals surface area contributed by atoms with Crippen molar-refractivity contribution in [3.05, 3.63) is 23.2 Å². The zero-order chi connectivity index (χ0) is 14.2. The molecular weight excluding hydrogens is 286 g/mol. The fraction of sp³-hybridized carbons (Fsp3) is 0.500. The molecule has 1 saturated heterocycles. The number of anilines is 1. The van der Waals surface area contributed by atoms with E-state index in [9.17, 15) is 8.42 Å². The summed E-state index contributed by atoms with van der Waals surface area (Å²) < 4.78 is 26.5. The Balaban J connectivity index is 2.29. The smallest absolute Gasteiger partial charge is 0.245 e. The minimum Gasteiger partial charge on any atom is -0.398 e. The quantitative estimate of drug-likeness (QED) is 0.853. The van der Waals surface area contributed by atoms with Crippen LogP contribution >= 0.6 is 11.6 Å². The van der Waals surface area contributed by atoms with E-state index in [0.717, 1.165) is 6.42 Å². The molecule has 1 aliphatic rings. The van der Waals surface area contributed by atoms with Gasteiger partial charge in [0.15, 0.2) is 0 Å². The molecule has 1 atom stereocenters. The maximum absolute atomic E-state index is 12.5. The highest BCUT2D eigenvalue weighted by Gasteiger charge is 2.34. The molecule has 0 bridgehead atoms. The maximum Gasteiger partial charge on any atom is 0.245 e. The normalized spacial score (nSPS) is 21.2. The van der Waals surface area contributed by atoms with Gasteiger partial charge in [0.25, 0.3) is 0 Å². The Bertz CT molecular complexity index is 574. The van der Waals surface area contributed by atoms with E-state index in [1.54, 1.807) is 6.07 Å². The van der Waals surface area contributed by atoms with Crippen molar-refractivity contribution in [1.29, 1.82) is 0 Å². The van der Waals surface area contributed by atoms with E-state index in [4.69, 9.17) is 17.3 Å². The molecule has 2 rings (SSSR count). The van der Waals surface area contributed by atoms with Gasteiger partial charge in [-0.25, -0.2) is 8.42 Å². The SMILES string of the molecule is CN(C)C1CCN(S(=O)(=O)c2ccc(Cl)cc2N)C1. The summed E-state index contributed by atoms with van der Waals surface area (Å²) in [5.74, 6) is 0. The van der Waals surface area contributed by atoms with Gasteiger partial charge in [0.05, 0.1) is 5.69 Å². The molecule has 0 aliphatic carbocycles. The first-order chi connectivity index (χ1) is 8.82. The number of halogens is 1. The lowest BCUT2D eigenvalue weighted by atomic mass is 10.2. The van der Waals surface area contributed by atoms with Crippen molar-refractivity contribution in [2.75, 3.05) is 32.9 Å². The summed E-state index contributed by atoms with van der Waals surface area (Å²) >= 11 is 5.80. The summed E-state index contributed by atoms with van der Waals surface area (Å²) in [5, 5.41) is 0.434. The molecule has 1 heterocycles. The van der Waals surface area contributed by atoms with Crippen LogP contribution in [0.4, 0.5) is 5.69 Å². The van der Waals surface area contributed by atoms with Gasteiger partial charge in [-0.1, -0.05) is 11.6 Å². The molecule has 0 aromatic heterocycles. The topological polar surface area (TPSA) is 66.6 Å². The molecule has 1 aromatic carbocycles. The van der Waals surface area contributed by atoms with E-state index >= 15 is 0 Å². The summed E-state index contributed by atoms with van der Waals surface area (Å²) in [6.07, 6.45) is 0.833. The Morgan fingerprint density at radius 2 is 2.11 bits per heavy atom.